The third-order valence-electron chi connectivity index (χ3n) is 3.73. The Morgan fingerprint density at radius 3 is 2.65 bits per heavy atom. The number of furan rings is 1. The number of nitrogen functional groups attached to an aromatic ring is 1. The Balaban J connectivity index is 1.87. The molecule has 0 saturated heterocycles. The first-order valence-corrected chi connectivity index (χ1v) is 7.51. The molecule has 1 amide bonds. The number of nitriles is 1. The number of carbonyl (C=O) groups excluding carboxylic acids is 1. The predicted molar refractivity (Wildman–Crippen MR) is 94.6 cm³/mol. The molecule has 26 heavy (non-hydrogen) atoms. The molecule has 0 atom stereocenters. The van der Waals surface area contributed by atoms with Gasteiger partial charge in [-0.15, -0.1) is 0 Å². The molecule has 1 heterocycles. The first-order chi connectivity index (χ1) is 12.5. The Morgan fingerprint density at radius 2 is 2.00 bits per heavy atom. The van der Waals surface area contributed by atoms with E-state index in [2.05, 4.69) is 5.32 Å². The summed E-state index contributed by atoms with van der Waals surface area (Å²) in [7, 11) is 0. The average molecular weight is 348 g/mol. The molecule has 0 aliphatic carbocycles. The lowest BCUT2D eigenvalue weighted by Crippen LogP contribution is -2.15. The number of anilines is 2. The zero-order valence-corrected chi connectivity index (χ0v) is 13.4. The molecule has 128 valence electrons. The molecule has 3 aromatic rings. The van der Waals surface area contributed by atoms with E-state index < -0.39 is 11.7 Å². The summed E-state index contributed by atoms with van der Waals surface area (Å²) in [6.45, 7) is 0. The van der Waals surface area contributed by atoms with Gasteiger partial charge >= 0.3 is 0 Å². The van der Waals surface area contributed by atoms with Crippen LogP contribution in [0.15, 0.2) is 59.4 Å². The number of benzene rings is 2. The Kier molecular flexibility index (Phi) is 4.50. The smallest absolute Gasteiger partial charge is 0.258 e. The molecule has 1 aromatic heterocycles. The zero-order chi connectivity index (χ0) is 18.7. The summed E-state index contributed by atoms with van der Waals surface area (Å²) in [6.07, 6.45) is 2.86. The molecular formula is C19H13FN4O2. The number of hydrogen-bond acceptors (Lipinski definition) is 5. The molecule has 0 spiro atoms. The van der Waals surface area contributed by atoms with Crippen LogP contribution in [0.5, 0.6) is 0 Å². The summed E-state index contributed by atoms with van der Waals surface area (Å²) in [5.41, 5.74) is 7.66. The molecule has 4 N–H and O–H groups in total. The predicted octanol–water partition coefficient (Wildman–Crippen LogP) is 3.54. The summed E-state index contributed by atoms with van der Waals surface area (Å²) in [6, 6.07) is 11.7. The van der Waals surface area contributed by atoms with Gasteiger partial charge in [-0.25, -0.2) is 4.39 Å². The van der Waals surface area contributed by atoms with Gasteiger partial charge in [0.1, 0.15) is 5.82 Å². The number of hydrogen-bond donors (Lipinski definition) is 3. The number of nitrogens with zero attached hydrogens (tertiary/aromatic N) is 1. The zero-order valence-electron chi connectivity index (χ0n) is 13.4. The second kappa shape index (κ2) is 6.91. The van der Waals surface area contributed by atoms with Crippen molar-refractivity contribution in [3.05, 3.63) is 83.1 Å². The number of nitrogens with two attached hydrogens (primary N) is 1. The van der Waals surface area contributed by atoms with Gasteiger partial charge in [0.2, 0.25) is 0 Å². The topological polar surface area (TPSA) is 116 Å². The maximum absolute atomic E-state index is 14.0. The number of halogens is 1. The van der Waals surface area contributed by atoms with Crippen molar-refractivity contribution in [1.29, 1.82) is 10.7 Å². The second-order valence-electron chi connectivity index (χ2n) is 5.45. The van der Waals surface area contributed by atoms with Crippen molar-refractivity contribution in [2.24, 2.45) is 0 Å². The highest BCUT2D eigenvalue weighted by Crippen LogP contribution is 2.22. The fraction of sp³-hybridized carbons (Fsp3) is 0. The van der Waals surface area contributed by atoms with Gasteiger partial charge in [-0.1, -0.05) is 0 Å². The van der Waals surface area contributed by atoms with E-state index in [1.807, 2.05) is 0 Å². The van der Waals surface area contributed by atoms with Crippen LogP contribution in [0.4, 0.5) is 15.8 Å². The molecule has 0 bridgehead atoms. The third kappa shape index (κ3) is 3.30. The molecular weight excluding hydrogens is 335 g/mol. The molecule has 0 unspecified atom stereocenters. The van der Waals surface area contributed by atoms with Crippen molar-refractivity contribution < 1.29 is 13.6 Å². The lowest BCUT2D eigenvalue weighted by Gasteiger charge is -2.11. The van der Waals surface area contributed by atoms with Crippen LogP contribution in [0.1, 0.15) is 27.0 Å². The maximum Gasteiger partial charge on any atom is 0.258 e. The number of carbonyl (C=O) groups is 1. The van der Waals surface area contributed by atoms with Crippen LogP contribution in [-0.4, -0.2) is 11.6 Å². The summed E-state index contributed by atoms with van der Waals surface area (Å²) in [5, 5.41) is 19.5. The molecule has 0 radical (unpaired) electrons. The third-order valence-corrected chi connectivity index (χ3v) is 3.73. The van der Waals surface area contributed by atoms with Crippen molar-refractivity contribution in [2.75, 3.05) is 11.1 Å². The van der Waals surface area contributed by atoms with Crippen LogP contribution in [0.2, 0.25) is 0 Å². The fourth-order valence-electron chi connectivity index (χ4n) is 2.38. The van der Waals surface area contributed by atoms with Gasteiger partial charge in [0.25, 0.3) is 5.91 Å². The van der Waals surface area contributed by atoms with Crippen molar-refractivity contribution in [2.45, 2.75) is 0 Å². The summed E-state index contributed by atoms with van der Waals surface area (Å²) in [4.78, 5) is 12.3. The largest absolute Gasteiger partial charge is 0.472 e. The highest BCUT2D eigenvalue weighted by atomic mass is 19.1. The van der Waals surface area contributed by atoms with Gasteiger partial charge in [-0.3, -0.25) is 10.2 Å². The SMILES string of the molecule is N#Cc1ccc(C(=O)Nc2ccc(N)c(C(=N)c3ccoc3)c2)c(F)c1. The molecule has 7 heteroatoms. The Bertz CT molecular complexity index is 1040. The van der Waals surface area contributed by atoms with Gasteiger partial charge < -0.3 is 15.5 Å². The molecule has 0 aliphatic rings. The molecule has 2 aromatic carbocycles. The van der Waals surface area contributed by atoms with Crippen molar-refractivity contribution in [1.82, 2.24) is 0 Å². The van der Waals surface area contributed by atoms with E-state index >= 15 is 0 Å². The van der Waals surface area contributed by atoms with Crippen LogP contribution in [0.3, 0.4) is 0 Å². The van der Waals surface area contributed by atoms with E-state index in [1.54, 1.807) is 24.3 Å². The average Bonchev–Trinajstić information content (AvgIpc) is 3.17. The molecule has 0 saturated carbocycles. The van der Waals surface area contributed by atoms with Crippen LogP contribution >= 0.6 is 0 Å². The quantitative estimate of drug-likeness (QED) is 0.494. The van der Waals surface area contributed by atoms with Crippen LogP contribution in [-0.2, 0) is 0 Å². The van der Waals surface area contributed by atoms with E-state index in [0.29, 0.717) is 22.5 Å². The highest BCUT2D eigenvalue weighted by molar-refractivity contribution is 6.14. The van der Waals surface area contributed by atoms with Gasteiger partial charge in [0.15, 0.2) is 0 Å². The summed E-state index contributed by atoms with van der Waals surface area (Å²) < 4.78 is 18.9. The Hall–Kier alpha value is -3.92. The molecule has 0 aliphatic heterocycles. The Labute approximate surface area is 148 Å². The first-order valence-electron chi connectivity index (χ1n) is 7.51. The van der Waals surface area contributed by atoms with Crippen molar-refractivity contribution in [3.63, 3.8) is 0 Å². The van der Waals surface area contributed by atoms with Gasteiger partial charge in [-0.05, 0) is 42.5 Å². The fourth-order valence-corrected chi connectivity index (χ4v) is 2.38. The van der Waals surface area contributed by atoms with Crippen molar-refractivity contribution in [3.8, 4) is 6.07 Å². The van der Waals surface area contributed by atoms with E-state index in [0.717, 1.165) is 6.07 Å². The highest BCUT2D eigenvalue weighted by Gasteiger charge is 2.15. The normalized spacial score (nSPS) is 10.2. The minimum absolute atomic E-state index is 0.127. The lowest BCUT2D eigenvalue weighted by atomic mass is 10.0. The van der Waals surface area contributed by atoms with Crippen LogP contribution < -0.4 is 11.1 Å². The standard InChI is InChI=1S/C19H13FN4O2/c20-16-7-11(9-21)1-3-14(16)19(25)24-13-2-4-17(22)15(8-13)18(23)12-5-6-26-10-12/h1-8,10,23H,22H2,(H,24,25). The number of rotatable bonds is 4. The van der Waals surface area contributed by atoms with E-state index in [-0.39, 0.29) is 16.8 Å². The van der Waals surface area contributed by atoms with E-state index in [1.165, 1.54) is 30.7 Å². The van der Waals surface area contributed by atoms with Crippen molar-refractivity contribution >= 4 is 23.0 Å². The van der Waals surface area contributed by atoms with E-state index in [9.17, 15) is 9.18 Å². The van der Waals surface area contributed by atoms with Gasteiger partial charge in [0, 0.05) is 22.5 Å². The monoisotopic (exact) mass is 348 g/mol. The molecule has 3 rings (SSSR count). The number of amides is 1. The summed E-state index contributed by atoms with van der Waals surface area (Å²) >= 11 is 0. The molecule has 0 fully saturated rings. The maximum atomic E-state index is 14.0. The lowest BCUT2D eigenvalue weighted by molar-refractivity contribution is 0.102. The number of nitrogens with one attached hydrogen (secondary N) is 2. The van der Waals surface area contributed by atoms with Crippen LogP contribution in [0, 0.1) is 22.6 Å². The first kappa shape index (κ1) is 16.9. The van der Waals surface area contributed by atoms with E-state index in [4.69, 9.17) is 20.8 Å². The minimum Gasteiger partial charge on any atom is -0.472 e. The van der Waals surface area contributed by atoms with Gasteiger partial charge in [0.05, 0.1) is 35.4 Å². The van der Waals surface area contributed by atoms with Gasteiger partial charge in [-0.2, -0.15) is 5.26 Å². The summed E-state index contributed by atoms with van der Waals surface area (Å²) in [5.74, 6) is -1.46. The van der Waals surface area contributed by atoms with Crippen LogP contribution in [0.25, 0.3) is 0 Å². The second-order valence-corrected chi connectivity index (χ2v) is 5.45. The molecule has 6 nitrogen and oxygen atoms in total. The minimum atomic E-state index is -0.789. The Morgan fingerprint density at radius 1 is 1.19 bits per heavy atom.